The normalized spacial score (nSPS) is 11.6. The molecule has 0 aliphatic rings. The first-order valence-electron chi connectivity index (χ1n) is 6.89. The number of ether oxygens (including phenoxy) is 1. The van der Waals surface area contributed by atoms with Crippen LogP contribution in [0.25, 0.3) is 0 Å². The van der Waals surface area contributed by atoms with E-state index in [0.29, 0.717) is 11.1 Å². The van der Waals surface area contributed by atoms with E-state index in [4.69, 9.17) is 4.74 Å². The Morgan fingerprint density at radius 2 is 2.00 bits per heavy atom. The van der Waals surface area contributed by atoms with E-state index >= 15 is 0 Å². The van der Waals surface area contributed by atoms with Gasteiger partial charge >= 0.3 is 5.97 Å². The number of methoxy groups -OCH3 is 1. The van der Waals surface area contributed by atoms with Crippen LogP contribution in [-0.2, 0) is 9.53 Å². The number of nitrogens with one attached hydrogen (secondary N) is 1. The Bertz CT molecular complexity index is 684. The lowest BCUT2D eigenvalue weighted by Gasteiger charge is -2.17. The molecular formula is C17H18N2O3. The summed E-state index contributed by atoms with van der Waals surface area (Å²) in [4.78, 5) is 28.4. The highest BCUT2D eigenvalue weighted by atomic mass is 16.5. The Labute approximate surface area is 129 Å². The Kier molecular flexibility index (Phi) is 4.88. The van der Waals surface area contributed by atoms with E-state index in [1.807, 2.05) is 26.0 Å². The largest absolute Gasteiger partial charge is 0.467 e. The number of hydrogen-bond donors (Lipinski definition) is 1. The number of aromatic nitrogens is 1. The number of nitrogens with zero attached hydrogens (tertiary/aromatic N) is 1. The van der Waals surface area contributed by atoms with Crippen molar-refractivity contribution < 1.29 is 14.3 Å². The third kappa shape index (κ3) is 3.49. The molecule has 0 fully saturated rings. The average molecular weight is 298 g/mol. The summed E-state index contributed by atoms with van der Waals surface area (Å²) >= 11 is 0. The predicted molar refractivity (Wildman–Crippen MR) is 82.4 cm³/mol. The Morgan fingerprint density at radius 3 is 2.64 bits per heavy atom. The van der Waals surface area contributed by atoms with Crippen LogP contribution in [0.1, 0.15) is 33.1 Å². The summed E-state index contributed by atoms with van der Waals surface area (Å²) < 4.78 is 4.78. The van der Waals surface area contributed by atoms with Crippen LogP contribution in [0.3, 0.4) is 0 Å². The monoisotopic (exact) mass is 298 g/mol. The molecule has 2 aromatic rings. The highest BCUT2D eigenvalue weighted by Crippen LogP contribution is 2.16. The maximum absolute atomic E-state index is 12.5. The molecule has 5 heteroatoms. The Morgan fingerprint density at radius 1 is 1.23 bits per heavy atom. The van der Waals surface area contributed by atoms with Gasteiger partial charge in [-0.1, -0.05) is 23.8 Å². The van der Waals surface area contributed by atoms with Gasteiger partial charge in [0.05, 0.1) is 7.11 Å². The van der Waals surface area contributed by atoms with Crippen LogP contribution in [0.5, 0.6) is 0 Å². The van der Waals surface area contributed by atoms with Gasteiger partial charge in [0.2, 0.25) is 0 Å². The van der Waals surface area contributed by atoms with Crippen LogP contribution in [-0.4, -0.2) is 24.0 Å². The summed E-state index contributed by atoms with van der Waals surface area (Å²) in [5.41, 5.74) is 2.94. The van der Waals surface area contributed by atoms with Crippen molar-refractivity contribution in [2.75, 3.05) is 7.11 Å². The van der Waals surface area contributed by atoms with Crippen molar-refractivity contribution in [3.05, 3.63) is 65.0 Å². The molecule has 2 rings (SSSR count). The number of amides is 1. The van der Waals surface area contributed by atoms with Crippen LogP contribution in [0.2, 0.25) is 0 Å². The molecule has 0 aliphatic heterocycles. The molecule has 114 valence electrons. The van der Waals surface area contributed by atoms with E-state index in [-0.39, 0.29) is 5.91 Å². The molecule has 1 aromatic carbocycles. The molecular weight excluding hydrogens is 280 g/mol. The van der Waals surface area contributed by atoms with Gasteiger partial charge in [-0.05, 0) is 31.5 Å². The van der Waals surface area contributed by atoms with Gasteiger partial charge < -0.3 is 10.1 Å². The van der Waals surface area contributed by atoms with Gasteiger partial charge in [0.1, 0.15) is 0 Å². The topological polar surface area (TPSA) is 68.3 Å². The standard InChI is InChI=1S/C17H18N2O3/c1-11-6-7-12(2)14(9-11)16(20)19-15(17(21)22-3)13-5-4-8-18-10-13/h4-10,15H,1-3H3,(H,19,20)/t15-/m1/s1. The number of aryl methyl sites for hydroxylation is 2. The van der Waals surface area contributed by atoms with E-state index in [9.17, 15) is 9.59 Å². The van der Waals surface area contributed by atoms with Crippen LogP contribution in [0, 0.1) is 13.8 Å². The third-order valence-corrected chi connectivity index (χ3v) is 3.37. The lowest BCUT2D eigenvalue weighted by Crippen LogP contribution is -2.35. The fraction of sp³-hybridized carbons (Fsp3) is 0.235. The molecule has 1 aromatic heterocycles. The van der Waals surface area contributed by atoms with Crippen LogP contribution in [0.15, 0.2) is 42.7 Å². The summed E-state index contributed by atoms with van der Waals surface area (Å²) in [5.74, 6) is -0.855. The smallest absolute Gasteiger partial charge is 0.333 e. The zero-order chi connectivity index (χ0) is 16.1. The minimum absolute atomic E-state index is 0.319. The van der Waals surface area contributed by atoms with Gasteiger partial charge in [0.15, 0.2) is 6.04 Å². The van der Waals surface area contributed by atoms with Crippen molar-refractivity contribution >= 4 is 11.9 Å². The molecule has 0 saturated heterocycles. The van der Waals surface area contributed by atoms with Gasteiger partial charge in [-0.25, -0.2) is 4.79 Å². The first-order chi connectivity index (χ1) is 10.5. The molecule has 1 amide bonds. The fourth-order valence-electron chi connectivity index (χ4n) is 2.13. The van der Waals surface area contributed by atoms with Crippen LogP contribution >= 0.6 is 0 Å². The fourth-order valence-corrected chi connectivity index (χ4v) is 2.13. The van der Waals surface area contributed by atoms with Gasteiger partial charge in [-0.3, -0.25) is 9.78 Å². The summed E-state index contributed by atoms with van der Waals surface area (Å²) in [5, 5.41) is 2.71. The second-order valence-corrected chi connectivity index (χ2v) is 5.03. The lowest BCUT2D eigenvalue weighted by atomic mass is 10.0. The second kappa shape index (κ2) is 6.85. The molecule has 0 aliphatic carbocycles. The SMILES string of the molecule is COC(=O)[C@H](NC(=O)c1cc(C)ccc1C)c1cccnc1. The first kappa shape index (κ1) is 15.7. The maximum atomic E-state index is 12.5. The minimum Gasteiger partial charge on any atom is -0.467 e. The van der Waals surface area contributed by atoms with Crippen molar-refractivity contribution in [3.8, 4) is 0 Å². The quantitative estimate of drug-likeness (QED) is 0.880. The lowest BCUT2D eigenvalue weighted by molar-refractivity contribution is -0.143. The number of carbonyl (C=O) groups is 2. The van der Waals surface area contributed by atoms with E-state index in [0.717, 1.165) is 11.1 Å². The van der Waals surface area contributed by atoms with E-state index in [2.05, 4.69) is 10.3 Å². The number of benzene rings is 1. The highest BCUT2D eigenvalue weighted by molar-refractivity contribution is 5.98. The number of pyridine rings is 1. The predicted octanol–water partition coefficient (Wildman–Crippen LogP) is 2.34. The zero-order valence-electron chi connectivity index (χ0n) is 12.8. The molecule has 0 radical (unpaired) electrons. The van der Waals surface area contributed by atoms with Crippen molar-refractivity contribution in [3.63, 3.8) is 0 Å². The van der Waals surface area contributed by atoms with Crippen molar-refractivity contribution in [1.82, 2.24) is 10.3 Å². The average Bonchev–Trinajstić information content (AvgIpc) is 2.54. The number of carbonyl (C=O) groups excluding carboxylic acids is 2. The van der Waals surface area contributed by atoms with Crippen molar-refractivity contribution in [2.45, 2.75) is 19.9 Å². The summed E-state index contributed by atoms with van der Waals surface area (Å²) in [6, 6.07) is 8.15. The highest BCUT2D eigenvalue weighted by Gasteiger charge is 2.24. The van der Waals surface area contributed by atoms with E-state index < -0.39 is 12.0 Å². The number of esters is 1. The van der Waals surface area contributed by atoms with Crippen LogP contribution < -0.4 is 5.32 Å². The molecule has 1 N–H and O–H groups in total. The van der Waals surface area contributed by atoms with Gasteiger partial charge in [-0.15, -0.1) is 0 Å². The molecule has 5 nitrogen and oxygen atoms in total. The second-order valence-electron chi connectivity index (χ2n) is 5.03. The zero-order valence-corrected chi connectivity index (χ0v) is 12.8. The summed E-state index contributed by atoms with van der Waals surface area (Å²) in [7, 11) is 1.29. The Hall–Kier alpha value is -2.69. The van der Waals surface area contributed by atoms with Crippen LogP contribution in [0.4, 0.5) is 0 Å². The minimum atomic E-state index is -0.883. The summed E-state index contributed by atoms with van der Waals surface area (Å²) in [6.07, 6.45) is 3.13. The molecule has 1 atom stereocenters. The van der Waals surface area contributed by atoms with Gasteiger partial charge in [0.25, 0.3) is 5.91 Å². The van der Waals surface area contributed by atoms with Crippen molar-refractivity contribution in [2.24, 2.45) is 0 Å². The molecule has 22 heavy (non-hydrogen) atoms. The maximum Gasteiger partial charge on any atom is 0.333 e. The molecule has 0 unspecified atom stereocenters. The molecule has 1 heterocycles. The molecule has 0 saturated carbocycles. The first-order valence-corrected chi connectivity index (χ1v) is 6.89. The van der Waals surface area contributed by atoms with Gasteiger partial charge in [-0.2, -0.15) is 0 Å². The van der Waals surface area contributed by atoms with Crippen molar-refractivity contribution in [1.29, 1.82) is 0 Å². The Balaban J connectivity index is 2.29. The van der Waals surface area contributed by atoms with E-state index in [1.54, 1.807) is 24.4 Å². The number of hydrogen-bond acceptors (Lipinski definition) is 4. The van der Waals surface area contributed by atoms with E-state index in [1.165, 1.54) is 13.3 Å². The number of rotatable bonds is 4. The molecule has 0 bridgehead atoms. The van der Waals surface area contributed by atoms with Gasteiger partial charge in [0, 0.05) is 23.5 Å². The third-order valence-electron chi connectivity index (χ3n) is 3.37. The molecule has 0 spiro atoms. The summed E-state index contributed by atoms with van der Waals surface area (Å²) in [6.45, 7) is 3.76.